The summed E-state index contributed by atoms with van der Waals surface area (Å²) in [6, 6.07) is 14.0. The van der Waals surface area contributed by atoms with Crippen molar-refractivity contribution < 1.29 is 27.1 Å². The second-order valence-electron chi connectivity index (χ2n) is 7.40. The van der Waals surface area contributed by atoms with E-state index in [0.29, 0.717) is 34.6 Å². The first-order chi connectivity index (χ1) is 14.4. The topological polar surface area (TPSA) is 94.8 Å². The molecule has 1 N–H and O–H groups in total. The van der Waals surface area contributed by atoms with Crippen LogP contribution in [0.4, 0.5) is 5.69 Å². The second-order valence-corrected chi connectivity index (χ2v) is 9.54. The van der Waals surface area contributed by atoms with Gasteiger partial charge in [0.15, 0.2) is 15.6 Å². The van der Waals surface area contributed by atoms with Gasteiger partial charge in [-0.15, -0.1) is 0 Å². The first kappa shape index (κ1) is 20.4. The monoisotopic (exact) mass is 429 g/mol. The summed E-state index contributed by atoms with van der Waals surface area (Å²) in [4.78, 5) is 12.8. The lowest BCUT2D eigenvalue weighted by atomic mass is 10.1. The van der Waals surface area contributed by atoms with E-state index in [-0.39, 0.29) is 17.6 Å². The number of amides is 1. The molecule has 2 heterocycles. The minimum absolute atomic E-state index is 0.000309. The van der Waals surface area contributed by atoms with Crippen molar-refractivity contribution >= 4 is 32.4 Å². The normalized spacial score (nSPS) is 16.6. The SMILES string of the molecule is CS(=O)(=O)Cc1c(C(=O)Nc2ccc(OCC3CCCO3)cc2)oc2ccccc12. The average Bonchev–Trinajstić information content (AvgIpc) is 3.35. The fourth-order valence-corrected chi connectivity index (χ4v) is 4.29. The Morgan fingerprint density at radius 1 is 1.17 bits per heavy atom. The van der Waals surface area contributed by atoms with Gasteiger partial charge in [-0.1, -0.05) is 18.2 Å². The van der Waals surface area contributed by atoms with E-state index in [4.69, 9.17) is 13.9 Å². The lowest BCUT2D eigenvalue weighted by molar-refractivity contribution is 0.0679. The predicted octanol–water partition coefficient (Wildman–Crippen LogP) is 3.79. The third-order valence-corrected chi connectivity index (χ3v) is 5.70. The van der Waals surface area contributed by atoms with Gasteiger partial charge in [0.25, 0.3) is 5.91 Å². The van der Waals surface area contributed by atoms with Crippen molar-refractivity contribution in [3.8, 4) is 5.75 Å². The van der Waals surface area contributed by atoms with E-state index in [2.05, 4.69) is 5.32 Å². The van der Waals surface area contributed by atoms with Gasteiger partial charge < -0.3 is 19.2 Å². The first-order valence-corrected chi connectivity index (χ1v) is 11.8. The number of hydrogen-bond acceptors (Lipinski definition) is 6. The number of carbonyl (C=O) groups is 1. The van der Waals surface area contributed by atoms with Crippen LogP contribution in [-0.2, 0) is 20.3 Å². The van der Waals surface area contributed by atoms with E-state index in [9.17, 15) is 13.2 Å². The Bertz CT molecular complexity index is 1140. The maximum atomic E-state index is 12.8. The molecule has 1 amide bonds. The van der Waals surface area contributed by atoms with Gasteiger partial charge in [0.05, 0.1) is 11.9 Å². The smallest absolute Gasteiger partial charge is 0.291 e. The van der Waals surface area contributed by atoms with Crippen molar-refractivity contribution in [2.45, 2.75) is 24.7 Å². The molecule has 1 aliphatic rings. The van der Waals surface area contributed by atoms with Gasteiger partial charge in [-0.05, 0) is 43.2 Å². The highest BCUT2D eigenvalue weighted by Gasteiger charge is 2.23. The summed E-state index contributed by atoms with van der Waals surface area (Å²) < 4.78 is 40.7. The Labute approximate surface area is 174 Å². The van der Waals surface area contributed by atoms with Crippen LogP contribution in [-0.4, -0.2) is 39.9 Å². The van der Waals surface area contributed by atoms with Gasteiger partial charge >= 0.3 is 0 Å². The van der Waals surface area contributed by atoms with Crippen LogP contribution in [0.5, 0.6) is 5.75 Å². The highest BCUT2D eigenvalue weighted by molar-refractivity contribution is 7.89. The number of rotatable bonds is 7. The van der Waals surface area contributed by atoms with Crippen LogP contribution in [0.15, 0.2) is 52.9 Å². The molecular weight excluding hydrogens is 406 g/mol. The molecule has 8 heteroatoms. The standard InChI is InChI=1S/C22H23NO6S/c1-30(25,26)14-19-18-6-2-3-7-20(18)29-21(19)22(24)23-15-8-10-16(11-9-15)28-13-17-5-4-12-27-17/h2-3,6-11,17H,4-5,12-14H2,1H3,(H,23,24). The minimum Gasteiger partial charge on any atom is -0.491 e. The zero-order valence-corrected chi connectivity index (χ0v) is 17.4. The van der Waals surface area contributed by atoms with Crippen LogP contribution in [0, 0.1) is 0 Å². The molecule has 0 saturated carbocycles. The lowest BCUT2D eigenvalue weighted by Gasteiger charge is -2.12. The summed E-state index contributed by atoms with van der Waals surface area (Å²) in [5, 5.41) is 3.38. The predicted molar refractivity (Wildman–Crippen MR) is 114 cm³/mol. The summed E-state index contributed by atoms with van der Waals surface area (Å²) >= 11 is 0. The molecule has 1 saturated heterocycles. The van der Waals surface area contributed by atoms with Crippen molar-refractivity contribution in [2.24, 2.45) is 0 Å². The van der Waals surface area contributed by atoms with Crippen LogP contribution in [0.3, 0.4) is 0 Å². The number of nitrogens with one attached hydrogen (secondary N) is 1. The summed E-state index contributed by atoms with van der Waals surface area (Å²) in [6.07, 6.45) is 3.32. The van der Waals surface area contributed by atoms with E-state index in [1.165, 1.54) is 0 Å². The molecule has 30 heavy (non-hydrogen) atoms. The number of anilines is 1. The number of furan rings is 1. The van der Waals surface area contributed by atoms with Gasteiger partial charge in [-0.3, -0.25) is 4.79 Å². The average molecular weight is 429 g/mol. The highest BCUT2D eigenvalue weighted by atomic mass is 32.2. The first-order valence-electron chi connectivity index (χ1n) is 9.73. The maximum Gasteiger partial charge on any atom is 0.291 e. The fraction of sp³-hybridized carbons (Fsp3) is 0.318. The van der Waals surface area contributed by atoms with Crippen molar-refractivity contribution in [3.05, 3.63) is 59.9 Å². The molecule has 2 aromatic carbocycles. The number of ether oxygens (including phenoxy) is 2. The summed E-state index contributed by atoms with van der Waals surface area (Å²) in [5.41, 5.74) is 1.39. The van der Waals surface area contributed by atoms with Crippen molar-refractivity contribution in [1.29, 1.82) is 0 Å². The molecule has 1 aromatic heterocycles. The Kier molecular flexibility index (Phi) is 5.78. The van der Waals surface area contributed by atoms with E-state index in [0.717, 1.165) is 25.7 Å². The molecule has 0 spiro atoms. The molecule has 4 rings (SSSR count). The van der Waals surface area contributed by atoms with Gasteiger partial charge in [0.2, 0.25) is 0 Å². The van der Waals surface area contributed by atoms with Gasteiger partial charge in [0.1, 0.15) is 17.9 Å². The third-order valence-electron chi connectivity index (χ3n) is 4.88. The molecule has 1 fully saturated rings. The van der Waals surface area contributed by atoms with Crippen LogP contribution >= 0.6 is 0 Å². The van der Waals surface area contributed by atoms with Crippen LogP contribution in [0.1, 0.15) is 29.0 Å². The van der Waals surface area contributed by atoms with E-state index in [1.807, 2.05) is 0 Å². The number of fused-ring (bicyclic) bond motifs is 1. The number of sulfone groups is 1. The maximum absolute atomic E-state index is 12.8. The molecule has 1 unspecified atom stereocenters. The van der Waals surface area contributed by atoms with Crippen LogP contribution in [0.25, 0.3) is 11.0 Å². The second kappa shape index (κ2) is 8.49. The molecule has 1 atom stereocenters. The van der Waals surface area contributed by atoms with E-state index < -0.39 is 15.7 Å². The van der Waals surface area contributed by atoms with Crippen LogP contribution in [0.2, 0.25) is 0 Å². The lowest BCUT2D eigenvalue weighted by Crippen LogP contribution is -2.16. The van der Waals surface area contributed by atoms with Crippen LogP contribution < -0.4 is 10.1 Å². The quantitative estimate of drug-likeness (QED) is 0.614. The summed E-state index contributed by atoms with van der Waals surface area (Å²) in [6.45, 7) is 1.28. The molecule has 158 valence electrons. The Morgan fingerprint density at radius 2 is 1.93 bits per heavy atom. The zero-order valence-electron chi connectivity index (χ0n) is 16.6. The molecule has 1 aliphatic heterocycles. The molecule has 7 nitrogen and oxygen atoms in total. The van der Waals surface area contributed by atoms with E-state index >= 15 is 0 Å². The van der Waals surface area contributed by atoms with Gasteiger partial charge in [0, 0.05) is 29.5 Å². The van der Waals surface area contributed by atoms with Gasteiger partial charge in [-0.25, -0.2) is 8.42 Å². The van der Waals surface area contributed by atoms with Crippen molar-refractivity contribution in [1.82, 2.24) is 0 Å². The number of benzene rings is 2. The Hall–Kier alpha value is -2.84. The van der Waals surface area contributed by atoms with Crippen molar-refractivity contribution in [2.75, 3.05) is 24.8 Å². The van der Waals surface area contributed by atoms with E-state index in [1.54, 1.807) is 48.5 Å². The number of carbonyl (C=O) groups excluding carboxylic acids is 1. The molecule has 3 aromatic rings. The number of hydrogen-bond donors (Lipinski definition) is 1. The minimum atomic E-state index is -3.35. The van der Waals surface area contributed by atoms with Crippen molar-refractivity contribution in [3.63, 3.8) is 0 Å². The summed E-state index contributed by atoms with van der Waals surface area (Å²) in [5.74, 6) is -0.0915. The summed E-state index contributed by atoms with van der Waals surface area (Å²) in [7, 11) is -3.35. The highest BCUT2D eigenvalue weighted by Crippen LogP contribution is 2.28. The molecular formula is C22H23NO6S. The zero-order chi connectivity index (χ0) is 21.1. The molecule has 0 bridgehead atoms. The molecule has 0 aliphatic carbocycles. The Morgan fingerprint density at radius 3 is 2.63 bits per heavy atom. The number of para-hydroxylation sites is 1. The molecule has 0 radical (unpaired) electrons. The largest absolute Gasteiger partial charge is 0.491 e. The van der Waals surface area contributed by atoms with Gasteiger partial charge in [-0.2, -0.15) is 0 Å². The Balaban J connectivity index is 1.49. The third kappa shape index (κ3) is 4.83. The fourth-order valence-electron chi connectivity index (χ4n) is 3.48.